The van der Waals surface area contributed by atoms with Gasteiger partial charge < -0.3 is 29.2 Å². The van der Waals surface area contributed by atoms with Crippen LogP contribution < -0.4 is 15.0 Å². The first-order chi connectivity index (χ1) is 25.4. The van der Waals surface area contributed by atoms with Gasteiger partial charge in [-0.25, -0.2) is 4.79 Å². The monoisotopic (exact) mass is 702 g/mol. The quantitative estimate of drug-likeness (QED) is 0.443. The number of fused-ring (bicyclic) bond motifs is 4. The zero-order valence-electron chi connectivity index (χ0n) is 30.5. The van der Waals surface area contributed by atoms with E-state index in [0.717, 1.165) is 81.4 Å². The Hall–Kier alpha value is -3.11. The van der Waals surface area contributed by atoms with Crippen LogP contribution in [0.15, 0.2) is 53.7 Å². The molecule has 9 nitrogen and oxygen atoms in total. The van der Waals surface area contributed by atoms with Gasteiger partial charge in [0.1, 0.15) is 5.75 Å². The lowest BCUT2D eigenvalue weighted by Gasteiger charge is -2.68. The summed E-state index contributed by atoms with van der Waals surface area (Å²) < 4.78 is 26.0. The molecule has 9 aliphatic heterocycles. The molecule has 0 unspecified atom stereocenters. The van der Waals surface area contributed by atoms with Crippen molar-refractivity contribution in [2.45, 2.75) is 92.5 Å². The molecule has 9 heterocycles. The zero-order chi connectivity index (χ0) is 34.4. The fraction of sp³-hybridized carbons (Fsp3) is 0.651. The van der Waals surface area contributed by atoms with E-state index in [9.17, 15) is 4.79 Å². The van der Waals surface area contributed by atoms with Crippen molar-refractivity contribution in [3.8, 4) is 5.75 Å². The number of anilines is 2. The van der Waals surface area contributed by atoms with Crippen molar-refractivity contribution < 1.29 is 23.7 Å². The van der Waals surface area contributed by atoms with E-state index in [1.165, 1.54) is 43.5 Å². The topological polar surface area (TPSA) is 75.7 Å². The molecule has 11 atom stereocenters. The second-order valence-electron chi connectivity index (χ2n) is 18.8. The molecular formula is C43H50N4O5. The van der Waals surface area contributed by atoms with Crippen LogP contribution in [0.1, 0.15) is 62.5 Å². The van der Waals surface area contributed by atoms with Crippen LogP contribution >= 0.6 is 0 Å². The fourth-order valence-electron chi connectivity index (χ4n) is 16.8. The van der Waals surface area contributed by atoms with Gasteiger partial charge in [0.05, 0.1) is 43.1 Å². The Kier molecular flexibility index (Phi) is 5.57. The van der Waals surface area contributed by atoms with E-state index in [1.54, 1.807) is 12.7 Å². The lowest BCUT2D eigenvalue weighted by molar-refractivity contribution is -0.174. The lowest BCUT2D eigenvalue weighted by atomic mass is 9.44. The molecule has 272 valence electrons. The van der Waals surface area contributed by atoms with Crippen molar-refractivity contribution >= 4 is 17.3 Å². The molecule has 9 heteroatoms. The maximum absolute atomic E-state index is 14.0. The van der Waals surface area contributed by atoms with E-state index in [1.807, 2.05) is 7.11 Å². The second-order valence-corrected chi connectivity index (χ2v) is 18.8. The Labute approximate surface area is 305 Å². The SMILES string of the molecule is COC(=O)C1=C2Nc3ccccc3[C@@]23CCN2C[C@]4(C[C@@H]5C[C@]67CCO[C@H]6CCN6CC[C@@]8(c9cccc(OC)c9N(C4)[C@@H]58)[C@@H]67)[C@@H]4OCC[C@]4(C1)[C@H]23. The van der Waals surface area contributed by atoms with Crippen LogP contribution in [-0.4, -0.2) is 106 Å². The number of hydrogen-bond donors (Lipinski definition) is 1. The number of nitrogens with zero attached hydrogens (tertiary/aromatic N) is 3. The van der Waals surface area contributed by atoms with E-state index < -0.39 is 0 Å². The molecule has 0 radical (unpaired) electrons. The molecule has 2 aromatic rings. The summed E-state index contributed by atoms with van der Waals surface area (Å²) in [6.45, 7) is 7.04. The third kappa shape index (κ3) is 3.05. The van der Waals surface area contributed by atoms with Gasteiger partial charge in [0, 0.05) is 84.0 Å². The third-order valence-electron chi connectivity index (χ3n) is 17.5. The predicted molar refractivity (Wildman–Crippen MR) is 195 cm³/mol. The minimum absolute atomic E-state index is 0.0538. The Balaban J connectivity index is 1.01. The summed E-state index contributed by atoms with van der Waals surface area (Å²) in [4.78, 5) is 22.7. The standard InChI is InChI=1S/C43H50N4O5/c1-49-30-9-5-7-28-32(30)47-24-39(20-25-21-40-13-18-51-31(40)10-15-45-16-12-43(28,34(25)47)36(40)45)23-46-17-11-42-27-6-3-4-8-29(27)44-33(42)26(35(48)50-2)22-41(37(42)46)14-19-52-38(39)41/h3-9,25,31,34,36-38,44H,10-24H2,1-2H3/t25-,31+,34+,36+,37+,38+,39+,40-,41+,42+,43+/m1/s1. The van der Waals surface area contributed by atoms with Gasteiger partial charge in [-0.3, -0.25) is 9.80 Å². The molecule has 0 amide bonds. The number of carbonyl (C=O) groups is 1. The molecule has 0 aromatic heterocycles. The number of methoxy groups -OCH3 is 2. The molecule has 11 aliphatic rings. The van der Waals surface area contributed by atoms with Crippen LogP contribution in [0.4, 0.5) is 11.4 Å². The second kappa shape index (κ2) is 9.57. The molecular weight excluding hydrogens is 652 g/mol. The maximum atomic E-state index is 14.0. The summed E-state index contributed by atoms with van der Waals surface area (Å²) >= 11 is 0. The molecule has 2 aromatic carbocycles. The van der Waals surface area contributed by atoms with Gasteiger partial charge in [0.2, 0.25) is 0 Å². The van der Waals surface area contributed by atoms with E-state index in [0.29, 0.717) is 30.5 Å². The van der Waals surface area contributed by atoms with Crippen molar-refractivity contribution in [1.82, 2.24) is 9.80 Å². The van der Waals surface area contributed by atoms with Crippen LogP contribution in [0, 0.1) is 22.2 Å². The number of rotatable bonds is 2. The molecule has 2 aliphatic carbocycles. The Bertz CT molecular complexity index is 2000. The predicted octanol–water partition coefficient (Wildman–Crippen LogP) is 4.84. The number of benzene rings is 2. The Morgan fingerprint density at radius 1 is 0.865 bits per heavy atom. The van der Waals surface area contributed by atoms with Crippen molar-refractivity contribution in [3.05, 3.63) is 64.9 Å². The molecule has 5 spiro atoms. The number of para-hydroxylation sites is 2. The molecule has 13 rings (SSSR count). The number of piperidine rings is 3. The normalized spacial score (nSPS) is 46.8. The summed E-state index contributed by atoms with van der Waals surface area (Å²) in [7, 11) is 3.43. The summed E-state index contributed by atoms with van der Waals surface area (Å²) in [5.74, 6) is 1.38. The van der Waals surface area contributed by atoms with Crippen LogP contribution in [0.5, 0.6) is 5.75 Å². The van der Waals surface area contributed by atoms with Gasteiger partial charge in [0.25, 0.3) is 0 Å². The Morgan fingerprint density at radius 3 is 2.62 bits per heavy atom. The molecule has 0 bridgehead atoms. The van der Waals surface area contributed by atoms with Gasteiger partial charge in [-0.15, -0.1) is 0 Å². The summed E-state index contributed by atoms with van der Waals surface area (Å²) in [6.07, 6.45) is 9.09. The number of carbonyl (C=O) groups excluding carboxylic acids is 1. The van der Waals surface area contributed by atoms with Crippen molar-refractivity contribution in [3.63, 3.8) is 0 Å². The van der Waals surface area contributed by atoms with Crippen LogP contribution in [0.2, 0.25) is 0 Å². The van der Waals surface area contributed by atoms with Crippen LogP contribution in [-0.2, 0) is 29.8 Å². The Morgan fingerprint density at radius 2 is 1.71 bits per heavy atom. The molecule has 1 saturated carbocycles. The number of nitrogens with one attached hydrogen (secondary N) is 1. The lowest BCUT2D eigenvalue weighted by Crippen LogP contribution is -2.76. The zero-order valence-corrected chi connectivity index (χ0v) is 30.5. The summed E-state index contributed by atoms with van der Waals surface area (Å²) in [6, 6.07) is 17.1. The van der Waals surface area contributed by atoms with Crippen LogP contribution in [0.3, 0.4) is 0 Å². The van der Waals surface area contributed by atoms with E-state index in [2.05, 4.69) is 62.5 Å². The molecule has 8 fully saturated rings. The highest BCUT2D eigenvalue weighted by molar-refractivity contribution is 5.93. The van der Waals surface area contributed by atoms with Gasteiger partial charge in [-0.05, 0) is 93.6 Å². The highest BCUT2D eigenvalue weighted by atomic mass is 16.5. The van der Waals surface area contributed by atoms with Crippen molar-refractivity contribution in [2.75, 3.05) is 70.4 Å². The van der Waals surface area contributed by atoms with E-state index in [-0.39, 0.29) is 45.2 Å². The minimum atomic E-state index is -0.252. The van der Waals surface area contributed by atoms with Crippen LogP contribution in [0.25, 0.3) is 0 Å². The fourth-order valence-corrected chi connectivity index (χ4v) is 16.8. The first-order valence-corrected chi connectivity index (χ1v) is 20.3. The summed E-state index contributed by atoms with van der Waals surface area (Å²) in [5, 5.41) is 3.82. The van der Waals surface area contributed by atoms with E-state index >= 15 is 0 Å². The average Bonchev–Trinajstić information content (AvgIpc) is 4.02. The number of ether oxygens (including phenoxy) is 4. The van der Waals surface area contributed by atoms with Crippen molar-refractivity contribution in [2.24, 2.45) is 22.2 Å². The van der Waals surface area contributed by atoms with Gasteiger partial charge in [-0.1, -0.05) is 30.3 Å². The number of esters is 1. The van der Waals surface area contributed by atoms with Gasteiger partial charge in [0.15, 0.2) is 0 Å². The minimum Gasteiger partial charge on any atom is -0.495 e. The smallest absolute Gasteiger partial charge is 0.335 e. The highest BCUT2D eigenvalue weighted by Gasteiger charge is 2.79. The molecule has 52 heavy (non-hydrogen) atoms. The van der Waals surface area contributed by atoms with Gasteiger partial charge >= 0.3 is 5.97 Å². The summed E-state index contributed by atoms with van der Waals surface area (Å²) in [5.41, 5.74) is 7.13. The third-order valence-corrected chi connectivity index (χ3v) is 17.5. The maximum Gasteiger partial charge on any atom is 0.335 e. The van der Waals surface area contributed by atoms with E-state index in [4.69, 9.17) is 18.9 Å². The number of hydrogen-bond acceptors (Lipinski definition) is 9. The first-order valence-electron chi connectivity index (χ1n) is 20.3. The van der Waals surface area contributed by atoms with Gasteiger partial charge in [-0.2, -0.15) is 0 Å². The molecule has 7 saturated heterocycles. The molecule has 1 N–H and O–H groups in total. The average molecular weight is 703 g/mol. The van der Waals surface area contributed by atoms with Crippen molar-refractivity contribution in [1.29, 1.82) is 0 Å². The highest BCUT2D eigenvalue weighted by Crippen LogP contribution is 2.75. The largest absolute Gasteiger partial charge is 0.495 e. The first kappa shape index (κ1) is 30.2.